The molecular weight excluding hydrogens is 234 g/mol. The molecule has 0 unspecified atom stereocenters. The number of nitrogens with one attached hydrogen (secondary N) is 1. The first-order chi connectivity index (χ1) is 9.36. The van der Waals surface area contributed by atoms with Crippen LogP contribution in [0.25, 0.3) is 0 Å². The molecule has 19 heavy (non-hydrogen) atoms. The molecule has 0 atom stereocenters. The minimum atomic E-state index is 0.230. The summed E-state index contributed by atoms with van der Waals surface area (Å²) in [6, 6.07) is 14.3. The smallest absolute Gasteiger partial charge is 0.178 e. The van der Waals surface area contributed by atoms with Gasteiger partial charge in [-0.2, -0.15) is 0 Å². The van der Waals surface area contributed by atoms with Gasteiger partial charge in [-0.1, -0.05) is 43.2 Å². The Hall–Kier alpha value is -1.83. The molecule has 1 N–H and O–H groups in total. The van der Waals surface area contributed by atoms with Gasteiger partial charge in [-0.15, -0.1) is 0 Å². The number of unbranched alkanes of at least 4 members (excludes halogenated alkanes) is 3. The summed E-state index contributed by atoms with van der Waals surface area (Å²) in [5.74, 6) is 0.230. The van der Waals surface area contributed by atoms with Crippen LogP contribution in [-0.2, 0) is 6.42 Å². The second-order valence-corrected chi connectivity index (χ2v) is 4.91. The molecule has 0 bridgehead atoms. The Bertz CT molecular complexity index is 473. The van der Waals surface area contributed by atoms with Gasteiger partial charge in [-0.3, -0.25) is 4.79 Å². The van der Waals surface area contributed by atoms with Crippen molar-refractivity contribution in [1.29, 1.82) is 0 Å². The fourth-order valence-electron chi connectivity index (χ4n) is 2.25. The maximum Gasteiger partial charge on any atom is 0.178 e. The van der Waals surface area contributed by atoms with Crippen LogP contribution in [0.15, 0.2) is 48.7 Å². The van der Waals surface area contributed by atoms with E-state index in [9.17, 15) is 4.79 Å². The average molecular weight is 255 g/mol. The molecule has 2 nitrogen and oxygen atoms in total. The summed E-state index contributed by atoms with van der Waals surface area (Å²) in [7, 11) is 0. The molecule has 2 heteroatoms. The highest BCUT2D eigenvalue weighted by atomic mass is 16.1. The molecule has 0 amide bonds. The highest BCUT2D eigenvalue weighted by Gasteiger charge is 2.05. The van der Waals surface area contributed by atoms with E-state index in [1.807, 2.05) is 12.1 Å². The molecular formula is C17H21NO. The summed E-state index contributed by atoms with van der Waals surface area (Å²) in [4.78, 5) is 14.7. The van der Waals surface area contributed by atoms with Crippen LogP contribution in [0.2, 0.25) is 0 Å². The Morgan fingerprint density at radius 1 is 0.895 bits per heavy atom. The quantitative estimate of drug-likeness (QED) is 0.550. The lowest BCUT2D eigenvalue weighted by Gasteiger charge is -2.02. The predicted molar refractivity (Wildman–Crippen MR) is 78.4 cm³/mol. The Morgan fingerprint density at radius 3 is 2.42 bits per heavy atom. The van der Waals surface area contributed by atoms with Gasteiger partial charge in [0.1, 0.15) is 0 Å². The summed E-state index contributed by atoms with van der Waals surface area (Å²) < 4.78 is 0. The van der Waals surface area contributed by atoms with Crippen molar-refractivity contribution in [1.82, 2.24) is 4.98 Å². The maximum absolute atomic E-state index is 11.7. The van der Waals surface area contributed by atoms with Crippen molar-refractivity contribution in [2.45, 2.75) is 38.5 Å². The summed E-state index contributed by atoms with van der Waals surface area (Å²) in [6.07, 6.45) is 8.14. The van der Waals surface area contributed by atoms with Crippen LogP contribution in [-0.4, -0.2) is 10.8 Å². The number of H-pyrrole nitrogens is 1. The van der Waals surface area contributed by atoms with E-state index < -0.39 is 0 Å². The van der Waals surface area contributed by atoms with Gasteiger partial charge in [0.25, 0.3) is 0 Å². The molecule has 1 aromatic carbocycles. The fourth-order valence-corrected chi connectivity index (χ4v) is 2.25. The number of carbonyl (C=O) groups is 1. The lowest BCUT2D eigenvalue weighted by Crippen LogP contribution is -1.98. The Morgan fingerprint density at radius 2 is 1.68 bits per heavy atom. The van der Waals surface area contributed by atoms with Crippen molar-refractivity contribution in [3.8, 4) is 0 Å². The number of carbonyl (C=O) groups excluding carboxylic acids is 1. The summed E-state index contributed by atoms with van der Waals surface area (Å²) in [6.45, 7) is 0. The van der Waals surface area contributed by atoms with Gasteiger partial charge in [-0.05, 0) is 37.0 Å². The molecule has 0 aliphatic rings. The average Bonchev–Trinajstić information content (AvgIpc) is 2.98. The van der Waals surface area contributed by atoms with Crippen molar-refractivity contribution < 1.29 is 4.79 Å². The van der Waals surface area contributed by atoms with Crippen LogP contribution in [0, 0.1) is 0 Å². The number of Topliss-reactive ketones (excluding diaryl/α,β-unsaturated/α-hetero) is 1. The number of benzene rings is 1. The lowest BCUT2D eigenvalue weighted by molar-refractivity contribution is 0.0975. The number of aromatic amines is 1. The third-order valence-corrected chi connectivity index (χ3v) is 3.36. The van der Waals surface area contributed by atoms with Crippen LogP contribution < -0.4 is 0 Å². The minimum absolute atomic E-state index is 0.230. The van der Waals surface area contributed by atoms with E-state index in [-0.39, 0.29) is 5.78 Å². The topological polar surface area (TPSA) is 32.9 Å². The van der Waals surface area contributed by atoms with E-state index in [0.29, 0.717) is 6.42 Å². The van der Waals surface area contributed by atoms with Crippen molar-refractivity contribution in [2.75, 3.05) is 0 Å². The van der Waals surface area contributed by atoms with Crippen LogP contribution in [0.5, 0.6) is 0 Å². The number of ketones is 1. The number of aryl methyl sites for hydroxylation is 1. The molecule has 0 radical (unpaired) electrons. The fraction of sp³-hybridized carbons (Fsp3) is 0.353. The molecule has 100 valence electrons. The molecule has 1 heterocycles. The molecule has 0 saturated carbocycles. The van der Waals surface area contributed by atoms with Crippen LogP contribution in [0.3, 0.4) is 0 Å². The summed E-state index contributed by atoms with van der Waals surface area (Å²) >= 11 is 0. The van der Waals surface area contributed by atoms with Gasteiger partial charge in [0, 0.05) is 12.6 Å². The van der Waals surface area contributed by atoms with Gasteiger partial charge < -0.3 is 4.98 Å². The SMILES string of the molecule is O=C(CCCCCCc1ccccc1)c1ccc[nH]1. The minimum Gasteiger partial charge on any atom is -0.359 e. The van der Waals surface area contributed by atoms with E-state index in [2.05, 4.69) is 35.3 Å². The van der Waals surface area contributed by atoms with Gasteiger partial charge >= 0.3 is 0 Å². The third kappa shape index (κ3) is 4.74. The molecule has 2 aromatic rings. The molecule has 0 saturated heterocycles. The first kappa shape index (κ1) is 13.6. The number of rotatable bonds is 8. The zero-order chi connectivity index (χ0) is 13.3. The monoisotopic (exact) mass is 255 g/mol. The van der Waals surface area contributed by atoms with Crippen molar-refractivity contribution >= 4 is 5.78 Å². The van der Waals surface area contributed by atoms with E-state index >= 15 is 0 Å². The second kappa shape index (κ2) is 7.57. The largest absolute Gasteiger partial charge is 0.359 e. The maximum atomic E-state index is 11.7. The number of hydrogen-bond donors (Lipinski definition) is 1. The molecule has 0 aliphatic heterocycles. The number of aromatic nitrogens is 1. The van der Waals surface area contributed by atoms with E-state index in [1.165, 1.54) is 18.4 Å². The zero-order valence-corrected chi connectivity index (χ0v) is 11.3. The standard InChI is InChI=1S/C17H21NO/c19-17(16-12-8-14-18-16)13-7-2-1-4-9-15-10-5-3-6-11-15/h3,5-6,8,10-12,14,18H,1-2,4,7,9,13H2. The van der Waals surface area contributed by atoms with Gasteiger partial charge in [-0.25, -0.2) is 0 Å². The Kier molecular flexibility index (Phi) is 5.42. The van der Waals surface area contributed by atoms with Crippen LogP contribution in [0.4, 0.5) is 0 Å². The normalized spacial score (nSPS) is 10.5. The van der Waals surface area contributed by atoms with Crippen LogP contribution in [0.1, 0.15) is 48.2 Å². The summed E-state index contributed by atoms with van der Waals surface area (Å²) in [5.41, 5.74) is 2.15. The predicted octanol–water partition coefficient (Wildman–Crippen LogP) is 4.39. The highest BCUT2D eigenvalue weighted by Crippen LogP contribution is 2.10. The van der Waals surface area contributed by atoms with Crippen LogP contribution >= 0.6 is 0 Å². The van der Waals surface area contributed by atoms with Gasteiger partial charge in [0.15, 0.2) is 5.78 Å². The Balaban J connectivity index is 1.54. The van der Waals surface area contributed by atoms with Crippen molar-refractivity contribution in [2.24, 2.45) is 0 Å². The van der Waals surface area contributed by atoms with Crippen molar-refractivity contribution in [3.05, 3.63) is 59.9 Å². The Labute approximate surface area is 114 Å². The molecule has 0 aliphatic carbocycles. The third-order valence-electron chi connectivity index (χ3n) is 3.36. The van der Waals surface area contributed by atoms with E-state index in [1.54, 1.807) is 6.20 Å². The first-order valence-electron chi connectivity index (χ1n) is 7.07. The van der Waals surface area contributed by atoms with Gasteiger partial charge in [0.2, 0.25) is 0 Å². The zero-order valence-electron chi connectivity index (χ0n) is 11.3. The summed E-state index contributed by atoms with van der Waals surface area (Å²) in [5, 5.41) is 0. The molecule has 2 rings (SSSR count). The first-order valence-corrected chi connectivity index (χ1v) is 7.07. The van der Waals surface area contributed by atoms with Gasteiger partial charge in [0.05, 0.1) is 5.69 Å². The van der Waals surface area contributed by atoms with E-state index in [0.717, 1.165) is 25.0 Å². The molecule has 0 fully saturated rings. The van der Waals surface area contributed by atoms with E-state index in [4.69, 9.17) is 0 Å². The van der Waals surface area contributed by atoms with Crippen molar-refractivity contribution in [3.63, 3.8) is 0 Å². The molecule has 0 spiro atoms. The lowest BCUT2D eigenvalue weighted by atomic mass is 10.0. The second-order valence-electron chi connectivity index (χ2n) is 4.91. The number of hydrogen-bond acceptors (Lipinski definition) is 1. The highest BCUT2D eigenvalue weighted by molar-refractivity contribution is 5.94. The molecule has 1 aromatic heterocycles.